The van der Waals surface area contributed by atoms with E-state index in [0.717, 1.165) is 166 Å². The molecule has 16 aromatic rings. The highest BCUT2D eigenvalue weighted by molar-refractivity contribution is 6.35. The highest BCUT2D eigenvalue weighted by atomic mass is 35.5. The van der Waals surface area contributed by atoms with Gasteiger partial charge in [0, 0.05) is 227 Å². The number of ether oxygens (including phenoxy) is 1. The van der Waals surface area contributed by atoms with Gasteiger partial charge in [-0.15, -0.1) is 0 Å². The van der Waals surface area contributed by atoms with Crippen molar-refractivity contribution in [3.8, 4) is 89.5 Å². The molecule has 19 rings (SSSR count). The lowest BCUT2D eigenvalue weighted by molar-refractivity contribution is 0.141. The third-order valence-electron chi connectivity index (χ3n) is 27.5. The normalized spacial score (nSPS) is 15.3. The van der Waals surface area contributed by atoms with Crippen LogP contribution in [0.15, 0.2) is 214 Å². The van der Waals surface area contributed by atoms with Crippen molar-refractivity contribution in [3.63, 3.8) is 0 Å². The van der Waals surface area contributed by atoms with E-state index < -0.39 is 0 Å². The lowest BCUT2D eigenvalue weighted by atomic mass is 9.84. The molecule has 0 amide bonds. The van der Waals surface area contributed by atoms with Crippen LogP contribution in [-0.2, 0) is 30.9 Å². The monoisotopic (exact) mass is 2040 g/mol. The Morgan fingerprint density at radius 3 is 1.04 bits per heavy atom. The topological polar surface area (TPSA) is 367 Å². The number of halogens is 4. The van der Waals surface area contributed by atoms with Crippen molar-refractivity contribution in [2.24, 2.45) is 29.2 Å². The Hall–Kier alpha value is -13.2. The van der Waals surface area contributed by atoms with E-state index in [4.69, 9.17) is 77.6 Å². The SMILES string of the molecule is CCn1c(=O)c(-c2ccc(-c3cccc(C)n3)cc2Cl)cc2cnc(NC3CCC(CCN)CC3)nc21.CCn1c(=O)c(-c2ccc(-c3cccc(C)n3)cc2Cl)cc2cnc(NCC3CCC(N(C)C)CC3)nc21.CCn1c(=O)c(-c2ccc(-c3cccc(C)n3)cc2Cl)cc2cnc(NCCC3CCNCC3)nc21.CCn1c(=O)c(-c2ccc(-c3cccc(C)n3)cc2Cl)cc2cnc(NCCCOCCN)nc21. The van der Waals surface area contributed by atoms with Crippen molar-refractivity contribution in [2.45, 2.75) is 177 Å². The first-order chi connectivity index (χ1) is 70.8. The van der Waals surface area contributed by atoms with Crippen molar-refractivity contribution in [1.29, 1.82) is 0 Å². The highest BCUT2D eigenvalue weighted by Gasteiger charge is 2.28. The molecule has 0 atom stereocenters. The molecule has 33 heteroatoms. The molecule has 146 heavy (non-hydrogen) atoms. The van der Waals surface area contributed by atoms with Crippen LogP contribution in [0.4, 0.5) is 23.8 Å². The zero-order valence-corrected chi connectivity index (χ0v) is 87.6. The number of rotatable bonds is 31. The average molecular weight is 2040 g/mol. The minimum absolute atomic E-state index is 0.116. The maximum atomic E-state index is 13.6. The van der Waals surface area contributed by atoms with E-state index >= 15 is 0 Å². The van der Waals surface area contributed by atoms with Crippen LogP contribution >= 0.6 is 46.4 Å². The maximum Gasteiger partial charge on any atom is 0.260 e. The molecule has 0 radical (unpaired) electrons. The second-order valence-corrected chi connectivity index (χ2v) is 39.4. The van der Waals surface area contributed by atoms with E-state index in [9.17, 15) is 19.2 Å². The summed E-state index contributed by atoms with van der Waals surface area (Å²) < 4.78 is 12.1. The van der Waals surface area contributed by atoms with Gasteiger partial charge in [-0.25, -0.2) is 19.9 Å². The van der Waals surface area contributed by atoms with Gasteiger partial charge in [0.1, 0.15) is 22.6 Å². The van der Waals surface area contributed by atoms with Gasteiger partial charge in [-0.1, -0.05) is 119 Å². The van der Waals surface area contributed by atoms with Crippen LogP contribution in [0.3, 0.4) is 0 Å². The van der Waals surface area contributed by atoms with Crippen LogP contribution in [0.1, 0.15) is 134 Å². The second-order valence-electron chi connectivity index (χ2n) is 37.8. The fourth-order valence-electron chi connectivity index (χ4n) is 19.5. The van der Waals surface area contributed by atoms with E-state index in [2.05, 4.69) is 90.4 Å². The maximum absolute atomic E-state index is 13.6. The predicted octanol–water partition coefficient (Wildman–Crippen LogP) is 21.4. The minimum atomic E-state index is -0.150. The predicted molar refractivity (Wildman–Crippen MR) is 594 cm³/mol. The van der Waals surface area contributed by atoms with Crippen molar-refractivity contribution in [1.82, 2.24) is 88.3 Å². The van der Waals surface area contributed by atoms with E-state index in [1.54, 1.807) is 49.1 Å². The van der Waals surface area contributed by atoms with E-state index in [1.165, 1.54) is 51.4 Å². The van der Waals surface area contributed by atoms with E-state index in [1.807, 2.05) is 219 Å². The first-order valence-electron chi connectivity index (χ1n) is 50.8. The van der Waals surface area contributed by atoms with Gasteiger partial charge in [-0.3, -0.25) is 57.4 Å². The van der Waals surface area contributed by atoms with Crippen LogP contribution in [0.5, 0.6) is 0 Å². The van der Waals surface area contributed by atoms with Gasteiger partial charge in [-0.05, 0) is 287 Å². The standard InChI is InChI=1S/C30H35ClN6O.C29H33ClN6O.C28H31ClN6O.C26H29ClN6O2/c1-5-37-28-22(18-33-30(35-28)32-17-20-9-12-23(13-10-20)36(3)4)15-25(29(37)38)24-14-11-21(16-26(24)31)27-8-6-7-19(2)34-27;1-3-36-27-21(17-32-29(35-27)34-22-10-7-19(8-11-22)13-14-31)15-24(28(36)37)23-12-9-20(16-25(23)30)26-6-4-5-18(2)33-26;1-3-35-26-21(17-32-28(34-26)31-14-11-19-9-12-30-13-10-19)15-23(27(35)36)22-8-7-20(16-24(22)29)25-6-4-5-18(2)33-25;1-3-33-24-19(16-30-26(32-24)29-11-5-12-35-13-10-28)14-21(25(33)34)20-9-8-18(15-22(20)27)23-7-4-6-17(2)31-23/h6-8,11,14-16,18,20,23H,5,9-10,12-13,17H2,1-4H3,(H,32,33,35);4-6,9,12,15-17,19,22H,3,7-8,10-11,13-14,31H2,1-2H3,(H,32,34,35);4-8,15-17,19,30H,3,9-14H2,1-2H3,(H,31,32,34);4,6-9,14-16H,3,5,10-13,28H2,1-2H3,(H,29,30,32). The zero-order valence-electron chi connectivity index (χ0n) is 84.6. The Kier molecular flexibility index (Phi) is 36.0. The number of piperidine rings is 1. The number of pyridine rings is 8. The average Bonchev–Trinajstić information content (AvgIpc) is 0.775. The van der Waals surface area contributed by atoms with E-state index in [-0.39, 0.29) is 22.2 Å². The number of nitrogens with zero attached hydrogens (tertiary/aromatic N) is 17. The van der Waals surface area contributed by atoms with Gasteiger partial charge < -0.3 is 47.7 Å². The van der Waals surface area contributed by atoms with Gasteiger partial charge in [-0.2, -0.15) is 19.9 Å². The molecule has 3 fully saturated rings. The molecule has 4 aromatic carbocycles. The molecule has 2 aliphatic carbocycles. The number of hydrogen-bond acceptors (Lipinski definition) is 25. The number of nitrogens with two attached hydrogens (primary N) is 2. The number of anilines is 4. The number of aromatic nitrogens is 16. The van der Waals surface area contributed by atoms with Crippen LogP contribution in [0.2, 0.25) is 20.1 Å². The van der Waals surface area contributed by atoms with Crippen LogP contribution in [0.25, 0.3) is 134 Å². The molecule has 1 aliphatic heterocycles. The van der Waals surface area contributed by atoms with Crippen LogP contribution in [0, 0.1) is 45.4 Å². The molecule has 12 aromatic heterocycles. The smallest absolute Gasteiger partial charge is 0.260 e. The molecule has 758 valence electrons. The zero-order chi connectivity index (χ0) is 103. The van der Waals surface area contributed by atoms with Gasteiger partial charge in [0.05, 0.1) is 29.4 Å². The van der Waals surface area contributed by atoms with Gasteiger partial charge in [0.25, 0.3) is 22.2 Å². The molecule has 29 nitrogen and oxygen atoms in total. The Bertz CT molecular complexity index is 7580. The Balaban J connectivity index is 0.000000139. The van der Waals surface area contributed by atoms with Crippen molar-refractivity contribution in [2.75, 3.05) is 94.4 Å². The van der Waals surface area contributed by atoms with Crippen LogP contribution in [-0.4, -0.2) is 168 Å². The molecular weight excluding hydrogens is 1920 g/mol. The summed E-state index contributed by atoms with van der Waals surface area (Å²) in [5, 5.41) is 22.0. The summed E-state index contributed by atoms with van der Waals surface area (Å²) in [6.07, 6.45) is 21.9. The first-order valence-corrected chi connectivity index (χ1v) is 52.3. The van der Waals surface area contributed by atoms with Crippen molar-refractivity contribution < 1.29 is 4.74 Å². The molecule has 1 saturated heterocycles. The Morgan fingerprint density at radius 1 is 0.370 bits per heavy atom. The lowest BCUT2D eigenvalue weighted by Gasteiger charge is -2.32. The fraction of sp³-hybridized carbons (Fsp3) is 0.363. The van der Waals surface area contributed by atoms with Gasteiger partial charge in [0.2, 0.25) is 23.8 Å². The number of fused-ring (bicyclic) bond motifs is 4. The molecule has 0 spiro atoms. The summed E-state index contributed by atoms with van der Waals surface area (Å²) in [6, 6.07) is 54.6. The second kappa shape index (κ2) is 49.8. The minimum Gasteiger partial charge on any atom is -0.380 e. The summed E-state index contributed by atoms with van der Waals surface area (Å²) >= 11 is 26.8. The first kappa shape index (κ1) is 106. The molecular formula is C113H128Cl4N24O5. The Morgan fingerprint density at radius 2 is 0.705 bits per heavy atom. The van der Waals surface area contributed by atoms with Crippen LogP contribution < -0.4 is 60.3 Å². The summed E-state index contributed by atoms with van der Waals surface area (Å²) in [7, 11) is 4.33. The molecule has 0 unspecified atom stereocenters. The molecule has 9 N–H and O–H groups in total. The lowest BCUT2D eigenvalue weighted by Crippen LogP contribution is -2.33. The summed E-state index contributed by atoms with van der Waals surface area (Å²) in [5.41, 5.74) is 28.7. The third-order valence-corrected chi connectivity index (χ3v) is 28.8. The fourth-order valence-corrected chi connectivity index (χ4v) is 20.7. The van der Waals surface area contributed by atoms with Gasteiger partial charge >= 0.3 is 0 Å². The quantitative estimate of drug-likeness (QED) is 0.0198. The number of benzene rings is 4. The number of aryl methyl sites for hydroxylation is 8. The summed E-state index contributed by atoms with van der Waals surface area (Å²) in [4.78, 5) is 112. The summed E-state index contributed by atoms with van der Waals surface area (Å²) in [6.45, 7) is 24.5. The number of hydrogen-bond donors (Lipinski definition) is 7. The molecule has 2 saturated carbocycles. The number of nitrogens with one attached hydrogen (secondary N) is 5. The van der Waals surface area contributed by atoms with E-state index in [0.29, 0.717) is 181 Å². The molecule has 13 heterocycles. The molecule has 0 bridgehead atoms. The van der Waals surface area contributed by atoms with Crippen molar-refractivity contribution >= 4 is 114 Å². The highest BCUT2D eigenvalue weighted by Crippen LogP contribution is 2.39. The largest absolute Gasteiger partial charge is 0.380 e. The summed E-state index contributed by atoms with van der Waals surface area (Å²) in [5.74, 6) is 4.22. The Labute approximate surface area is 870 Å². The van der Waals surface area contributed by atoms with Gasteiger partial charge in [0.15, 0.2) is 0 Å². The van der Waals surface area contributed by atoms with Crippen molar-refractivity contribution in [3.05, 3.63) is 279 Å². The third kappa shape index (κ3) is 25.7. The molecule has 3 aliphatic rings.